The second-order valence-electron chi connectivity index (χ2n) is 3.31. The van der Waals surface area contributed by atoms with Crippen LogP contribution in [0.4, 0.5) is 0 Å². The first-order valence-corrected chi connectivity index (χ1v) is 4.05. The zero-order valence-electron chi connectivity index (χ0n) is 7.16. The van der Waals surface area contributed by atoms with Crippen LogP contribution in [0, 0.1) is 11.3 Å². The minimum Gasteiger partial charge on any atom is -0.321 e. The van der Waals surface area contributed by atoms with Crippen molar-refractivity contribution in [3.05, 3.63) is 35.4 Å². The highest BCUT2D eigenvalue weighted by molar-refractivity contribution is 5.85. The fourth-order valence-corrected chi connectivity index (χ4v) is 1.42. The standard InChI is InChI=1S/C10H10N2.ClH/c11-7-8-3-1-2-4-9(8)10(12)5-6-10;/h1-4H,5-6,12H2;1H. The van der Waals surface area contributed by atoms with Crippen LogP contribution in [0.25, 0.3) is 0 Å². The summed E-state index contributed by atoms with van der Waals surface area (Å²) in [7, 11) is 0. The van der Waals surface area contributed by atoms with Crippen molar-refractivity contribution in [2.45, 2.75) is 18.4 Å². The number of hydrogen-bond acceptors (Lipinski definition) is 2. The van der Waals surface area contributed by atoms with E-state index in [0.29, 0.717) is 0 Å². The second-order valence-corrected chi connectivity index (χ2v) is 3.31. The first kappa shape index (κ1) is 10.0. The van der Waals surface area contributed by atoms with Crippen molar-refractivity contribution in [1.29, 1.82) is 5.26 Å². The molecule has 2 rings (SSSR count). The van der Waals surface area contributed by atoms with Crippen LogP contribution in [-0.2, 0) is 5.54 Å². The summed E-state index contributed by atoms with van der Waals surface area (Å²) in [6.45, 7) is 0. The van der Waals surface area contributed by atoms with Gasteiger partial charge in [-0.3, -0.25) is 0 Å². The van der Waals surface area contributed by atoms with Crippen molar-refractivity contribution >= 4 is 12.4 Å². The maximum atomic E-state index is 8.80. The van der Waals surface area contributed by atoms with Crippen LogP contribution in [0.5, 0.6) is 0 Å². The van der Waals surface area contributed by atoms with Crippen LogP contribution in [0.1, 0.15) is 24.0 Å². The first-order chi connectivity index (χ1) is 5.76. The molecule has 0 atom stereocenters. The summed E-state index contributed by atoms with van der Waals surface area (Å²) in [6.07, 6.45) is 2.01. The van der Waals surface area contributed by atoms with E-state index in [9.17, 15) is 0 Å². The van der Waals surface area contributed by atoms with Crippen molar-refractivity contribution < 1.29 is 0 Å². The first-order valence-electron chi connectivity index (χ1n) is 4.05. The van der Waals surface area contributed by atoms with E-state index in [1.807, 2.05) is 24.3 Å². The highest BCUT2D eigenvalue weighted by Gasteiger charge is 2.41. The van der Waals surface area contributed by atoms with Gasteiger partial charge < -0.3 is 5.73 Å². The smallest absolute Gasteiger partial charge is 0.0995 e. The molecule has 0 radical (unpaired) electrons. The molecule has 1 saturated carbocycles. The van der Waals surface area contributed by atoms with Gasteiger partial charge in [0.15, 0.2) is 0 Å². The van der Waals surface area contributed by atoms with Gasteiger partial charge in [-0.15, -0.1) is 12.4 Å². The molecule has 0 heterocycles. The minimum atomic E-state index is -0.188. The van der Waals surface area contributed by atoms with E-state index in [1.165, 1.54) is 0 Å². The molecule has 68 valence electrons. The third-order valence-corrected chi connectivity index (χ3v) is 2.37. The Balaban J connectivity index is 0.000000845. The van der Waals surface area contributed by atoms with Crippen molar-refractivity contribution in [3.63, 3.8) is 0 Å². The lowest BCUT2D eigenvalue weighted by Gasteiger charge is -2.09. The van der Waals surface area contributed by atoms with E-state index < -0.39 is 0 Å². The van der Waals surface area contributed by atoms with Crippen LogP contribution in [0.2, 0.25) is 0 Å². The molecule has 1 aliphatic carbocycles. The lowest BCUT2D eigenvalue weighted by atomic mass is 10.0. The van der Waals surface area contributed by atoms with Gasteiger partial charge in [0.05, 0.1) is 11.6 Å². The number of rotatable bonds is 1. The second kappa shape index (κ2) is 3.37. The average molecular weight is 195 g/mol. The summed E-state index contributed by atoms with van der Waals surface area (Å²) < 4.78 is 0. The van der Waals surface area contributed by atoms with Gasteiger partial charge in [0, 0.05) is 5.54 Å². The zero-order chi connectivity index (χ0) is 8.60. The van der Waals surface area contributed by atoms with Gasteiger partial charge >= 0.3 is 0 Å². The summed E-state index contributed by atoms with van der Waals surface area (Å²) in [5.74, 6) is 0. The third-order valence-electron chi connectivity index (χ3n) is 2.37. The lowest BCUT2D eigenvalue weighted by molar-refractivity contribution is 0.737. The molecule has 3 heteroatoms. The molecule has 0 unspecified atom stereocenters. The SMILES string of the molecule is Cl.N#Cc1ccccc1C1(N)CC1. The predicted octanol–water partition coefficient (Wildman–Crippen LogP) is 1.93. The van der Waals surface area contributed by atoms with Gasteiger partial charge in [-0.2, -0.15) is 5.26 Å². The maximum Gasteiger partial charge on any atom is 0.0995 e. The summed E-state index contributed by atoms with van der Waals surface area (Å²) in [4.78, 5) is 0. The number of hydrogen-bond donors (Lipinski definition) is 1. The molecule has 13 heavy (non-hydrogen) atoms. The van der Waals surface area contributed by atoms with Crippen LogP contribution in [0.3, 0.4) is 0 Å². The molecule has 1 aromatic carbocycles. The molecule has 0 aliphatic heterocycles. The third kappa shape index (κ3) is 1.67. The molecule has 0 spiro atoms. The number of benzene rings is 1. The van der Waals surface area contributed by atoms with Gasteiger partial charge in [-0.1, -0.05) is 18.2 Å². The monoisotopic (exact) mass is 194 g/mol. The molecule has 1 fully saturated rings. The molecule has 0 amide bonds. The highest BCUT2D eigenvalue weighted by atomic mass is 35.5. The number of nitrogens with two attached hydrogens (primary N) is 1. The molecule has 1 aromatic rings. The molecule has 0 bridgehead atoms. The summed E-state index contributed by atoms with van der Waals surface area (Å²) in [5, 5.41) is 8.80. The van der Waals surface area contributed by atoms with Crippen LogP contribution < -0.4 is 5.73 Å². The molecular weight excluding hydrogens is 184 g/mol. The lowest BCUT2D eigenvalue weighted by Crippen LogP contribution is -2.19. The molecule has 2 nitrogen and oxygen atoms in total. The van der Waals surface area contributed by atoms with Crippen molar-refractivity contribution in [1.82, 2.24) is 0 Å². The van der Waals surface area contributed by atoms with Crippen molar-refractivity contribution in [3.8, 4) is 6.07 Å². The summed E-state index contributed by atoms with van der Waals surface area (Å²) in [6, 6.07) is 9.74. The fourth-order valence-electron chi connectivity index (χ4n) is 1.42. The van der Waals surface area contributed by atoms with Gasteiger partial charge in [0.25, 0.3) is 0 Å². The Labute approximate surface area is 83.8 Å². The van der Waals surface area contributed by atoms with E-state index >= 15 is 0 Å². The number of halogens is 1. The Bertz CT molecular complexity index is 350. The Morgan fingerprint density at radius 3 is 2.46 bits per heavy atom. The predicted molar refractivity (Wildman–Crippen MR) is 53.5 cm³/mol. The van der Waals surface area contributed by atoms with Gasteiger partial charge in [-0.05, 0) is 24.5 Å². The summed E-state index contributed by atoms with van der Waals surface area (Å²) in [5.41, 5.74) is 7.53. The van der Waals surface area contributed by atoms with E-state index in [2.05, 4.69) is 6.07 Å². The van der Waals surface area contributed by atoms with Gasteiger partial charge in [0.1, 0.15) is 0 Å². The van der Waals surface area contributed by atoms with E-state index in [-0.39, 0.29) is 17.9 Å². The fraction of sp³-hybridized carbons (Fsp3) is 0.300. The van der Waals surface area contributed by atoms with Crippen LogP contribution in [-0.4, -0.2) is 0 Å². The Morgan fingerprint density at radius 1 is 1.31 bits per heavy atom. The Hall–Kier alpha value is -1.04. The van der Waals surface area contributed by atoms with Crippen LogP contribution >= 0.6 is 12.4 Å². The van der Waals surface area contributed by atoms with Gasteiger partial charge in [0.2, 0.25) is 0 Å². The van der Waals surface area contributed by atoms with E-state index in [0.717, 1.165) is 24.0 Å². The normalized spacial score (nSPS) is 16.9. The van der Waals surface area contributed by atoms with E-state index in [4.69, 9.17) is 11.0 Å². The Kier molecular flexibility index (Phi) is 2.60. The Morgan fingerprint density at radius 2 is 1.92 bits per heavy atom. The van der Waals surface area contributed by atoms with Crippen LogP contribution in [0.15, 0.2) is 24.3 Å². The molecule has 1 aliphatic rings. The summed E-state index contributed by atoms with van der Waals surface area (Å²) >= 11 is 0. The average Bonchev–Trinajstić information content (AvgIpc) is 2.85. The number of nitriles is 1. The zero-order valence-corrected chi connectivity index (χ0v) is 7.97. The molecule has 0 aromatic heterocycles. The molecular formula is C10H11ClN2. The van der Waals surface area contributed by atoms with E-state index in [1.54, 1.807) is 0 Å². The van der Waals surface area contributed by atoms with Crippen molar-refractivity contribution in [2.24, 2.45) is 5.73 Å². The maximum absolute atomic E-state index is 8.80. The molecule has 2 N–H and O–H groups in total. The largest absolute Gasteiger partial charge is 0.321 e. The topological polar surface area (TPSA) is 49.8 Å². The van der Waals surface area contributed by atoms with Crippen molar-refractivity contribution in [2.75, 3.05) is 0 Å². The quantitative estimate of drug-likeness (QED) is 0.743. The minimum absolute atomic E-state index is 0. The number of nitrogens with zero attached hydrogens (tertiary/aromatic N) is 1. The van der Waals surface area contributed by atoms with Gasteiger partial charge in [-0.25, -0.2) is 0 Å². The highest BCUT2D eigenvalue weighted by Crippen LogP contribution is 2.43. The molecule has 0 saturated heterocycles.